The van der Waals surface area contributed by atoms with Gasteiger partial charge in [0.1, 0.15) is 5.82 Å². The number of rotatable bonds is 3. The van der Waals surface area contributed by atoms with Crippen LogP contribution in [0.1, 0.15) is 32.9 Å². The normalized spacial score (nSPS) is 19.0. The predicted octanol–water partition coefficient (Wildman–Crippen LogP) is 1.48. The molecule has 5 nitrogen and oxygen atoms in total. The molecular weight excluding hydrogens is 273 g/mol. The maximum Gasteiger partial charge on any atom is 0.225 e. The van der Waals surface area contributed by atoms with Crippen molar-refractivity contribution < 1.29 is 14.0 Å². The maximum atomic E-state index is 13.4. The molecular formula is C15H20FN3O2. The van der Waals surface area contributed by atoms with Crippen LogP contribution >= 0.6 is 0 Å². The van der Waals surface area contributed by atoms with Gasteiger partial charge in [-0.3, -0.25) is 14.6 Å². The quantitative estimate of drug-likeness (QED) is 0.918. The zero-order valence-electron chi connectivity index (χ0n) is 12.5. The van der Waals surface area contributed by atoms with Crippen LogP contribution in [-0.2, 0) is 16.1 Å². The fraction of sp³-hybridized carbons (Fsp3) is 0.533. The molecule has 1 atom stereocenters. The van der Waals surface area contributed by atoms with Crippen LogP contribution in [0.3, 0.4) is 0 Å². The first-order chi connectivity index (χ1) is 9.79. The number of carbonyl (C=O) groups excluding carboxylic acids is 2. The summed E-state index contributed by atoms with van der Waals surface area (Å²) < 4.78 is 13.4. The number of nitrogens with one attached hydrogen (secondary N) is 1. The van der Waals surface area contributed by atoms with Gasteiger partial charge in [-0.2, -0.15) is 0 Å². The van der Waals surface area contributed by atoms with E-state index in [9.17, 15) is 14.0 Å². The molecule has 1 saturated heterocycles. The first-order valence-corrected chi connectivity index (χ1v) is 6.96. The molecule has 1 fully saturated rings. The Hall–Kier alpha value is -1.98. The Bertz CT molecular complexity index is 554. The van der Waals surface area contributed by atoms with Crippen molar-refractivity contribution in [3.05, 3.63) is 29.8 Å². The second-order valence-corrected chi connectivity index (χ2v) is 6.23. The first-order valence-electron chi connectivity index (χ1n) is 6.96. The summed E-state index contributed by atoms with van der Waals surface area (Å²) in [6.07, 6.45) is 1.68. The smallest absolute Gasteiger partial charge is 0.225 e. The molecule has 1 unspecified atom stereocenters. The SMILES string of the molecule is CC(C)(C)N1CC(C(=O)NCc2ncccc2F)CC1=O. The standard InChI is InChI=1S/C15H20FN3O2/c1-15(2,3)19-9-10(7-13(19)20)14(21)18-8-12-11(16)5-4-6-17-12/h4-6,10H,7-9H2,1-3H3,(H,18,21). The van der Waals surface area contributed by atoms with Crippen molar-refractivity contribution in [3.8, 4) is 0 Å². The highest BCUT2D eigenvalue weighted by atomic mass is 19.1. The van der Waals surface area contributed by atoms with Gasteiger partial charge >= 0.3 is 0 Å². The lowest BCUT2D eigenvalue weighted by Gasteiger charge is -2.31. The Labute approximate surface area is 123 Å². The molecule has 0 bridgehead atoms. The van der Waals surface area contributed by atoms with Gasteiger partial charge in [0, 0.05) is 24.7 Å². The summed E-state index contributed by atoms with van der Waals surface area (Å²) in [5.41, 5.74) is -0.0954. The summed E-state index contributed by atoms with van der Waals surface area (Å²) in [6.45, 7) is 6.25. The molecule has 0 aromatic carbocycles. The van der Waals surface area contributed by atoms with Gasteiger partial charge in [0.15, 0.2) is 0 Å². The van der Waals surface area contributed by atoms with Crippen molar-refractivity contribution in [1.29, 1.82) is 0 Å². The molecule has 1 N–H and O–H groups in total. The van der Waals surface area contributed by atoms with Gasteiger partial charge in [0.25, 0.3) is 0 Å². The van der Waals surface area contributed by atoms with Crippen molar-refractivity contribution in [2.75, 3.05) is 6.54 Å². The van der Waals surface area contributed by atoms with Crippen LogP contribution < -0.4 is 5.32 Å². The number of likely N-dealkylation sites (tertiary alicyclic amines) is 1. The zero-order valence-corrected chi connectivity index (χ0v) is 12.5. The van der Waals surface area contributed by atoms with Gasteiger partial charge in [-0.05, 0) is 32.9 Å². The molecule has 1 aliphatic rings. The molecule has 6 heteroatoms. The summed E-state index contributed by atoms with van der Waals surface area (Å²) in [5, 5.41) is 2.65. The maximum absolute atomic E-state index is 13.4. The van der Waals surface area contributed by atoms with Crippen LogP contribution in [0.25, 0.3) is 0 Å². The lowest BCUT2D eigenvalue weighted by atomic mass is 10.1. The van der Waals surface area contributed by atoms with Crippen molar-refractivity contribution in [3.63, 3.8) is 0 Å². The van der Waals surface area contributed by atoms with Gasteiger partial charge in [0.05, 0.1) is 18.2 Å². The molecule has 1 aromatic rings. The monoisotopic (exact) mass is 293 g/mol. The highest BCUT2D eigenvalue weighted by Gasteiger charge is 2.39. The highest BCUT2D eigenvalue weighted by molar-refractivity contribution is 5.89. The number of carbonyl (C=O) groups is 2. The van der Waals surface area contributed by atoms with E-state index in [1.54, 1.807) is 4.90 Å². The van der Waals surface area contributed by atoms with E-state index in [1.165, 1.54) is 18.3 Å². The predicted molar refractivity (Wildman–Crippen MR) is 75.6 cm³/mol. The van der Waals surface area contributed by atoms with Crippen molar-refractivity contribution in [1.82, 2.24) is 15.2 Å². The Morgan fingerprint density at radius 1 is 1.52 bits per heavy atom. The van der Waals surface area contributed by atoms with E-state index in [0.717, 1.165) is 0 Å². The lowest BCUT2D eigenvalue weighted by molar-refractivity contribution is -0.132. The van der Waals surface area contributed by atoms with Crippen LogP contribution in [-0.4, -0.2) is 33.8 Å². The fourth-order valence-electron chi connectivity index (χ4n) is 2.39. The van der Waals surface area contributed by atoms with E-state index in [1.807, 2.05) is 20.8 Å². The number of hydrogen-bond donors (Lipinski definition) is 1. The minimum absolute atomic E-state index is 0.0216. The molecule has 2 amide bonds. The zero-order chi connectivity index (χ0) is 15.6. The van der Waals surface area contributed by atoms with Crippen molar-refractivity contribution >= 4 is 11.8 Å². The minimum atomic E-state index is -0.448. The number of aromatic nitrogens is 1. The number of amides is 2. The van der Waals surface area contributed by atoms with Crippen LogP contribution in [0.5, 0.6) is 0 Å². The molecule has 21 heavy (non-hydrogen) atoms. The number of nitrogens with zero attached hydrogens (tertiary/aromatic N) is 2. The summed E-state index contributed by atoms with van der Waals surface area (Å²) in [5.74, 6) is -1.09. The lowest BCUT2D eigenvalue weighted by Crippen LogP contribution is -2.43. The van der Waals surface area contributed by atoms with Gasteiger partial charge in [-0.25, -0.2) is 4.39 Å². The number of halogens is 1. The third-order valence-electron chi connectivity index (χ3n) is 3.57. The van der Waals surface area contributed by atoms with Gasteiger partial charge in [0.2, 0.25) is 11.8 Å². The van der Waals surface area contributed by atoms with Crippen molar-refractivity contribution in [2.24, 2.45) is 5.92 Å². The highest BCUT2D eigenvalue weighted by Crippen LogP contribution is 2.25. The van der Waals surface area contributed by atoms with E-state index in [4.69, 9.17) is 0 Å². The first kappa shape index (κ1) is 15.4. The summed E-state index contributed by atoms with van der Waals surface area (Å²) in [7, 11) is 0. The van der Waals surface area contributed by atoms with E-state index < -0.39 is 5.82 Å². The number of hydrogen-bond acceptors (Lipinski definition) is 3. The van der Waals surface area contributed by atoms with Crippen LogP contribution in [0.2, 0.25) is 0 Å². The average molecular weight is 293 g/mol. The fourth-order valence-corrected chi connectivity index (χ4v) is 2.39. The average Bonchev–Trinajstić information content (AvgIpc) is 2.79. The molecule has 1 aromatic heterocycles. The minimum Gasteiger partial charge on any atom is -0.350 e. The Morgan fingerprint density at radius 3 is 2.81 bits per heavy atom. The Kier molecular flexibility index (Phi) is 4.25. The number of pyridine rings is 1. The Balaban J connectivity index is 1.94. The van der Waals surface area contributed by atoms with Crippen LogP contribution in [0.4, 0.5) is 4.39 Å². The summed E-state index contributed by atoms with van der Waals surface area (Å²) in [4.78, 5) is 29.6. The molecule has 0 spiro atoms. The molecule has 0 saturated carbocycles. The molecule has 0 aliphatic carbocycles. The van der Waals surface area contributed by atoms with E-state index in [0.29, 0.717) is 6.54 Å². The molecule has 114 valence electrons. The van der Waals surface area contributed by atoms with Crippen molar-refractivity contribution in [2.45, 2.75) is 39.3 Å². The van der Waals surface area contributed by atoms with Gasteiger partial charge < -0.3 is 10.2 Å². The largest absolute Gasteiger partial charge is 0.350 e. The van der Waals surface area contributed by atoms with Crippen LogP contribution in [0, 0.1) is 11.7 Å². The second-order valence-electron chi connectivity index (χ2n) is 6.23. The molecule has 2 heterocycles. The Morgan fingerprint density at radius 2 is 2.24 bits per heavy atom. The van der Waals surface area contributed by atoms with E-state index in [-0.39, 0.29) is 41.9 Å². The van der Waals surface area contributed by atoms with Gasteiger partial charge in [-0.1, -0.05) is 0 Å². The van der Waals surface area contributed by atoms with E-state index in [2.05, 4.69) is 10.3 Å². The third-order valence-corrected chi connectivity index (χ3v) is 3.57. The molecule has 2 rings (SSSR count). The second kappa shape index (κ2) is 5.79. The molecule has 1 aliphatic heterocycles. The van der Waals surface area contributed by atoms with E-state index >= 15 is 0 Å². The van der Waals surface area contributed by atoms with Gasteiger partial charge in [-0.15, -0.1) is 0 Å². The molecule has 0 radical (unpaired) electrons. The summed E-state index contributed by atoms with van der Waals surface area (Å²) in [6, 6.07) is 2.80. The summed E-state index contributed by atoms with van der Waals surface area (Å²) >= 11 is 0. The third kappa shape index (κ3) is 3.56. The topological polar surface area (TPSA) is 62.3 Å². The van der Waals surface area contributed by atoms with Crippen LogP contribution in [0.15, 0.2) is 18.3 Å².